The van der Waals surface area contributed by atoms with Crippen LogP contribution in [0.2, 0.25) is 5.02 Å². The van der Waals surface area contributed by atoms with Crippen LogP contribution in [-0.2, 0) is 11.3 Å². The van der Waals surface area contributed by atoms with Crippen LogP contribution in [0, 0.1) is 5.92 Å². The molecule has 3 atom stereocenters. The number of hydrogen-bond donors (Lipinski definition) is 2. The van der Waals surface area contributed by atoms with Crippen LogP contribution in [0.1, 0.15) is 49.4 Å². The highest BCUT2D eigenvalue weighted by molar-refractivity contribution is 6.36. The third kappa shape index (κ3) is 4.44. The van der Waals surface area contributed by atoms with Gasteiger partial charge in [0.05, 0.1) is 28.3 Å². The van der Waals surface area contributed by atoms with E-state index in [1.807, 2.05) is 18.3 Å². The van der Waals surface area contributed by atoms with Gasteiger partial charge in [-0.1, -0.05) is 17.7 Å². The molecule has 4 rings (SSSR count). The number of nitrogens with one attached hydrogen (secondary N) is 1. The van der Waals surface area contributed by atoms with Gasteiger partial charge in [0, 0.05) is 43.6 Å². The fourth-order valence-corrected chi connectivity index (χ4v) is 5.05. The fraction of sp³-hybridized carbons (Fsp3) is 0.591. The first-order valence-corrected chi connectivity index (χ1v) is 10.7. The van der Waals surface area contributed by atoms with E-state index in [1.165, 1.54) is 6.92 Å². The normalized spacial score (nSPS) is 30.0. The van der Waals surface area contributed by atoms with Gasteiger partial charge < -0.3 is 19.7 Å². The zero-order valence-corrected chi connectivity index (χ0v) is 17.5. The number of benzene rings is 1. The summed E-state index contributed by atoms with van der Waals surface area (Å²) in [6, 6.07) is 5.60. The van der Waals surface area contributed by atoms with Crippen LogP contribution in [0.5, 0.6) is 0 Å². The van der Waals surface area contributed by atoms with E-state index in [-0.39, 0.29) is 18.9 Å². The van der Waals surface area contributed by atoms with Crippen molar-refractivity contribution < 1.29 is 19.0 Å². The van der Waals surface area contributed by atoms with Gasteiger partial charge in [0.2, 0.25) is 0 Å². The van der Waals surface area contributed by atoms with E-state index in [4.69, 9.17) is 16.3 Å². The van der Waals surface area contributed by atoms with Gasteiger partial charge in [-0.25, -0.2) is 4.39 Å². The number of carbonyl (C=O) groups excluding carboxylic acids is 1. The molecule has 1 aromatic heterocycles. The van der Waals surface area contributed by atoms with Gasteiger partial charge in [0.25, 0.3) is 5.91 Å². The SMILES string of the molecule is CC1(F)CCCC(O)(CNC(=O)c2cn(CC3CCOC3)c3cccc(Cl)c23)C1. The molecule has 0 bridgehead atoms. The van der Waals surface area contributed by atoms with E-state index in [1.54, 1.807) is 6.07 Å². The Morgan fingerprint density at radius 3 is 3.00 bits per heavy atom. The molecule has 0 spiro atoms. The van der Waals surface area contributed by atoms with E-state index in [2.05, 4.69) is 9.88 Å². The first-order valence-electron chi connectivity index (χ1n) is 10.3. The zero-order valence-electron chi connectivity index (χ0n) is 16.7. The highest BCUT2D eigenvalue weighted by Crippen LogP contribution is 2.37. The second-order valence-electron chi connectivity index (χ2n) is 8.91. The standard InChI is InChI=1S/C22H28ClFN2O3/c1-21(24)7-3-8-22(28,13-21)14-25-20(27)16-11-26(10-15-6-9-29-12-15)18-5-2-4-17(23)19(16)18/h2,4-5,11,15,28H,3,6-10,12-14H2,1H3,(H,25,27). The van der Waals surface area contributed by atoms with Crippen LogP contribution < -0.4 is 5.32 Å². The minimum Gasteiger partial charge on any atom is -0.388 e. The van der Waals surface area contributed by atoms with Crippen LogP contribution in [0.4, 0.5) is 4.39 Å². The molecule has 7 heteroatoms. The Bertz CT molecular complexity index is 907. The Kier molecular flexibility index (Phi) is 5.62. The lowest BCUT2D eigenvalue weighted by Crippen LogP contribution is -2.49. The summed E-state index contributed by atoms with van der Waals surface area (Å²) in [6.45, 7) is 3.78. The first kappa shape index (κ1) is 20.6. The summed E-state index contributed by atoms with van der Waals surface area (Å²) in [6.07, 6.45) is 4.39. The molecule has 1 aromatic carbocycles. The lowest BCUT2D eigenvalue weighted by atomic mass is 9.77. The van der Waals surface area contributed by atoms with Crippen LogP contribution in [0.25, 0.3) is 10.9 Å². The van der Waals surface area contributed by atoms with E-state index >= 15 is 0 Å². The third-order valence-corrected chi connectivity index (χ3v) is 6.51. The number of aliphatic hydroxyl groups is 1. The number of ether oxygens (including phenoxy) is 1. The van der Waals surface area contributed by atoms with E-state index in [9.17, 15) is 14.3 Å². The third-order valence-electron chi connectivity index (χ3n) is 6.19. The highest BCUT2D eigenvalue weighted by atomic mass is 35.5. The number of hydrogen-bond acceptors (Lipinski definition) is 3. The first-order chi connectivity index (χ1) is 13.8. The molecule has 5 nitrogen and oxygen atoms in total. The van der Waals surface area contributed by atoms with Crippen molar-refractivity contribution in [2.75, 3.05) is 19.8 Å². The molecule has 1 aliphatic heterocycles. The maximum absolute atomic E-state index is 14.4. The number of aromatic nitrogens is 1. The molecule has 2 aromatic rings. The smallest absolute Gasteiger partial charge is 0.253 e. The average molecular weight is 423 g/mol. The average Bonchev–Trinajstić information content (AvgIpc) is 3.28. The summed E-state index contributed by atoms with van der Waals surface area (Å²) in [5.74, 6) is 0.106. The highest BCUT2D eigenvalue weighted by Gasteiger charge is 2.41. The molecule has 2 N–H and O–H groups in total. The minimum atomic E-state index is -1.40. The Hall–Kier alpha value is -1.63. The van der Waals surface area contributed by atoms with Gasteiger partial charge in [-0.15, -0.1) is 0 Å². The monoisotopic (exact) mass is 422 g/mol. The van der Waals surface area contributed by atoms with Crippen molar-refractivity contribution in [2.24, 2.45) is 5.92 Å². The van der Waals surface area contributed by atoms with Gasteiger partial charge in [0.15, 0.2) is 0 Å². The van der Waals surface area contributed by atoms with Crippen molar-refractivity contribution in [3.05, 3.63) is 35.0 Å². The van der Waals surface area contributed by atoms with Crippen molar-refractivity contribution in [2.45, 2.75) is 56.8 Å². The van der Waals surface area contributed by atoms with E-state index in [0.29, 0.717) is 41.2 Å². The van der Waals surface area contributed by atoms with Crippen molar-refractivity contribution >= 4 is 28.4 Å². The maximum Gasteiger partial charge on any atom is 0.253 e. The molecule has 1 saturated heterocycles. The molecule has 0 radical (unpaired) electrons. The summed E-state index contributed by atoms with van der Waals surface area (Å²) in [7, 11) is 0. The quantitative estimate of drug-likeness (QED) is 0.762. The zero-order chi connectivity index (χ0) is 20.6. The van der Waals surface area contributed by atoms with Crippen LogP contribution in [0.3, 0.4) is 0 Å². The Morgan fingerprint density at radius 2 is 2.28 bits per heavy atom. The number of alkyl halides is 1. The second kappa shape index (κ2) is 7.89. The number of halogens is 2. The van der Waals surface area contributed by atoms with E-state index < -0.39 is 11.3 Å². The van der Waals surface area contributed by atoms with Crippen LogP contribution in [0.15, 0.2) is 24.4 Å². The molecule has 3 unspecified atom stereocenters. The second-order valence-corrected chi connectivity index (χ2v) is 9.32. The number of carbonyl (C=O) groups is 1. The molecule has 1 saturated carbocycles. The Morgan fingerprint density at radius 1 is 1.45 bits per heavy atom. The molecule has 2 fully saturated rings. The van der Waals surface area contributed by atoms with Crippen molar-refractivity contribution in [1.29, 1.82) is 0 Å². The summed E-state index contributed by atoms with van der Waals surface area (Å²) in [5.41, 5.74) is -1.24. The summed E-state index contributed by atoms with van der Waals surface area (Å²) < 4.78 is 21.9. The van der Waals surface area contributed by atoms with Crippen molar-refractivity contribution in [1.82, 2.24) is 9.88 Å². The number of nitrogens with zero attached hydrogens (tertiary/aromatic N) is 1. The summed E-state index contributed by atoms with van der Waals surface area (Å²) >= 11 is 6.43. The predicted molar refractivity (Wildman–Crippen MR) is 111 cm³/mol. The molecule has 2 heterocycles. The predicted octanol–water partition coefficient (Wildman–Crippen LogP) is 4.09. The maximum atomic E-state index is 14.4. The van der Waals surface area contributed by atoms with Gasteiger partial charge in [-0.2, -0.15) is 0 Å². The topological polar surface area (TPSA) is 63.5 Å². The molecule has 2 aliphatic rings. The minimum absolute atomic E-state index is 0.0267. The molecule has 29 heavy (non-hydrogen) atoms. The summed E-state index contributed by atoms with van der Waals surface area (Å²) in [4.78, 5) is 13.0. The molecule has 1 amide bonds. The fourth-order valence-electron chi connectivity index (χ4n) is 4.78. The van der Waals surface area contributed by atoms with Gasteiger partial charge in [0.1, 0.15) is 5.67 Å². The molecular weight excluding hydrogens is 395 g/mol. The van der Waals surface area contributed by atoms with Crippen molar-refractivity contribution in [3.63, 3.8) is 0 Å². The Balaban J connectivity index is 1.55. The van der Waals surface area contributed by atoms with Crippen molar-refractivity contribution in [3.8, 4) is 0 Å². The lowest BCUT2D eigenvalue weighted by molar-refractivity contribution is -0.0533. The van der Waals surface area contributed by atoms with Gasteiger partial charge in [-0.05, 0) is 44.7 Å². The molecule has 1 aliphatic carbocycles. The largest absolute Gasteiger partial charge is 0.388 e. The summed E-state index contributed by atoms with van der Waals surface area (Å²) in [5, 5.41) is 14.8. The van der Waals surface area contributed by atoms with Gasteiger partial charge >= 0.3 is 0 Å². The lowest BCUT2D eigenvalue weighted by Gasteiger charge is -2.38. The molecule has 158 valence electrons. The molecular formula is C22H28ClFN2O3. The van der Waals surface area contributed by atoms with Gasteiger partial charge in [-0.3, -0.25) is 4.79 Å². The van der Waals surface area contributed by atoms with E-state index in [0.717, 1.165) is 31.7 Å². The Labute approximate surface area is 175 Å². The number of rotatable bonds is 5. The number of fused-ring (bicyclic) bond motifs is 1. The van der Waals surface area contributed by atoms with Crippen LogP contribution >= 0.6 is 11.6 Å². The number of amides is 1. The van der Waals surface area contributed by atoms with Crippen LogP contribution in [-0.4, -0.2) is 46.6 Å².